The van der Waals surface area contributed by atoms with Gasteiger partial charge in [-0.05, 0) is 24.3 Å². The Morgan fingerprint density at radius 1 is 0.778 bits per heavy atom. The lowest BCUT2D eigenvalue weighted by Crippen LogP contribution is -2.20. The van der Waals surface area contributed by atoms with E-state index in [-0.39, 0.29) is 0 Å². The third kappa shape index (κ3) is 3.37. The van der Waals surface area contributed by atoms with Gasteiger partial charge in [0.25, 0.3) is 0 Å². The predicted molar refractivity (Wildman–Crippen MR) is 78.1 cm³/mol. The van der Waals surface area contributed by atoms with Crippen LogP contribution < -0.4 is 9.47 Å². The third-order valence-electron chi connectivity index (χ3n) is 2.32. The summed E-state index contributed by atoms with van der Waals surface area (Å²) in [5.74, 6) is 1.40. The van der Waals surface area contributed by atoms with Crippen LogP contribution in [0.4, 0.5) is 0 Å². The predicted octanol–water partition coefficient (Wildman–Crippen LogP) is 4.07. The maximum atomic E-state index is 5.67. The number of ether oxygens (including phenoxy) is 2. The van der Waals surface area contributed by atoms with Crippen molar-refractivity contribution < 1.29 is 9.47 Å². The van der Waals surface area contributed by atoms with Crippen molar-refractivity contribution in [1.82, 2.24) is 0 Å². The van der Waals surface area contributed by atoms with Crippen molar-refractivity contribution in [2.45, 2.75) is 23.0 Å². The van der Waals surface area contributed by atoms with Gasteiger partial charge in [0.2, 0.25) is 6.29 Å². The van der Waals surface area contributed by atoms with Crippen molar-refractivity contribution in [3.05, 3.63) is 48.5 Å². The van der Waals surface area contributed by atoms with Gasteiger partial charge in [-0.15, -0.1) is 25.3 Å². The number of hydrogen-bond acceptors (Lipinski definition) is 4. The van der Waals surface area contributed by atoms with Gasteiger partial charge in [-0.1, -0.05) is 24.3 Å². The first-order valence-corrected chi connectivity index (χ1v) is 6.45. The normalized spacial score (nSPS) is 10.4. The van der Waals surface area contributed by atoms with E-state index in [0.29, 0.717) is 11.5 Å². The summed E-state index contributed by atoms with van der Waals surface area (Å²) in [6.07, 6.45) is -0.411. The fraction of sp³-hybridized carbons (Fsp3) is 0.143. The Bertz CT molecular complexity index is 481. The molecule has 94 valence electrons. The van der Waals surface area contributed by atoms with Crippen LogP contribution in [0.1, 0.15) is 6.92 Å². The van der Waals surface area contributed by atoms with Gasteiger partial charge >= 0.3 is 0 Å². The molecule has 0 amide bonds. The molecule has 0 heterocycles. The molecule has 0 aliphatic carbocycles. The van der Waals surface area contributed by atoms with E-state index < -0.39 is 6.29 Å². The highest BCUT2D eigenvalue weighted by molar-refractivity contribution is 7.80. The summed E-state index contributed by atoms with van der Waals surface area (Å²) in [4.78, 5) is 1.57. The van der Waals surface area contributed by atoms with Gasteiger partial charge in [0, 0.05) is 16.7 Å². The highest BCUT2D eigenvalue weighted by atomic mass is 32.1. The maximum absolute atomic E-state index is 5.67. The molecule has 0 spiro atoms. The van der Waals surface area contributed by atoms with E-state index in [1.54, 1.807) is 0 Å². The average Bonchev–Trinajstić information content (AvgIpc) is 2.35. The monoisotopic (exact) mass is 278 g/mol. The fourth-order valence-corrected chi connectivity index (χ4v) is 1.92. The molecule has 0 fully saturated rings. The average molecular weight is 278 g/mol. The molecule has 2 rings (SSSR count). The van der Waals surface area contributed by atoms with Gasteiger partial charge in [-0.25, -0.2) is 0 Å². The lowest BCUT2D eigenvalue weighted by molar-refractivity contribution is 0.0180. The second-order valence-electron chi connectivity index (χ2n) is 3.74. The van der Waals surface area contributed by atoms with Crippen LogP contribution in [-0.2, 0) is 0 Å². The van der Waals surface area contributed by atoms with Crippen molar-refractivity contribution >= 4 is 25.3 Å². The van der Waals surface area contributed by atoms with Gasteiger partial charge in [-0.2, -0.15) is 0 Å². The SMILES string of the molecule is CC(Oc1ccccc1S)Oc1ccccc1S. The molecule has 2 nitrogen and oxygen atoms in total. The van der Waals surface area contributed by atoms with E-state index in [1.165, 1.54) is 0 Å². The van der Waals surface area contributed by atoms with Crippen molar-refractivity contribution in [3.63, 3.8) is 0 Å². The smallest absolute Gasteiger partial charge is 0.238 e. The number of para-hydroxylation sites is 2. The summed E-state index contributed by atoms with van der Waals surface area (Å²) in [6.45, 7) is 1.83. The second-order valence-corrected chi connectivity index (χ2v) is 4.70. The molecule has 0 bridgehead atoms. The largest absolute Gasteiger partial charge is 0.454 e. The van der Waals surface area contributed by atoms with Crippen molar-refractivity contribution in [3.8, 4) is 11.5 Å². The quantitative estimate of drug-likeness (QED) is 0.649. The van der Waals surface area contributed by atoms with E-state index in [9.17, 15) is 0 Å². The Labute approximate surface area is 118 Å². The molecule has 0 aliphatic rings. The van der Waals surface area contributed by atoms with Crippen molar-refractivity contribution in [1.29, 1.82) is 0 Å². The van der Waals surface area contributed by atoms with Crippen LogP contribution in [0.25, 0.3) is 0 Å². The Kier molecular flexibility index (Phi) is 4.44. The Morgan fingerprint density at radius 3 is 1.56 bits per heavy atom. The van der Waals surface area contributed by atoms with E-state index in [4.69, 9.17) is 9.47 Å². The zero-order valence-corrected chi connectivity index (χ0v) is 11.7. The summed E-state index contributed by atoms with van der Waals surface area (Å²) in [6, 6.07) is 15.1. The van der Waals surface area contributed by atoms with Crippen molar-refractivity contribution in [2.75, 3.05) is 0 Å². The molecule has 0 radical (unpaired) electrons. The van der Waals surface area contributed by atoms with Crippen LogP contribution in [0.15, 0.2) is 58.3 Å². The molecular weight excluding hydrogens is 264 g/mol. The van der Waals surface area contributed by atoms with Gasteiger partial charge < -0.3 is 9.47 Å². The van der Waals surface area contributed by atoms with E-state index in [2.05, 4.69) is 25.3 Å². The molecule has 0 N–H and O–H groups in total. The summed E-state index contributed by atoms with van der Waals surface area (Å²) in [5, 5.41) is 0. The van der Waals surface area contributed by atoms with E-state index in [1.807, 2.05) is 55.5 Å². The number of benzene rings is 2. The third-order valence-corrected chi connectivity index (χ3v) is 3.06. The van der Waals surface area contributed by atoms with Gasteiger partial charge in [0.1, 0.15) is 11.5 Å². The Hall–Kier alpha value is -1.26. The first kappa shape index (κ1) is 13.2. The molecule has 0 atom stereocenters. The summed E-state index contributed by atoms with van der Waals surface area (Å²) in [5.41, 5.74) is 0. The highest BCUT2D eigenvalue weighted by Gasteiger charge is 2.09. The molecule has 0 aromatic heterocycles. The molecule has 0 saturated carbocycles. The van der Waals surface area contributed by atoms with Gasteiger partial charge in [0.05, 0.1) is 0 Å². The topological polar surface area (TPSA) is 18.5 Å². The van der Waals surface area contributed by atoms with Gasteiger partial charge in [-0.3, -0.25) is 0 Å². The molecular formula is C14H14O2S2. The van der Waals surface area contributed by atoms with Gasteiger partial charge in [0.15, 0.2) is 0 Å². The zero-order valence-electron chi connectivity index (χ0n) is 9.91. The minimum Gasteiger partial charge on any atom is -0.454 e. The molecule has 2 aromatic carbocycles. The van der Waals surface area contributed by atoms with Crippen LogP contribution >= 0.6 is 25.3 Å². The first-order chi connectivity index (χ1) is 8.66. The van der Waals surface area contributed by atoms with Crippen LogP contribution in [0, 0.1) is 0 Å². The van der Waals surface area contributed by atoms with Crippen molar-refractivity contribution in [2.24, 2.45) is 0 Å². The number of thiol groups is 2. The van der Waals surface area contributed by atoms with Crippen LogP contribution in [-0.4, -0.2) is 6.29 Å². The fourth-order valence-electron chi connectivity index (χ4n) is 1.50. The van der Waals surface area contributed by atoms with E-state index >= 15 is 0 Å². The minimum atomic E-state index is -0.411. The molecule has 4 heteroatoms. The standard InChI is InChI=1S/C14H14O2S2/c1-10(15-11-6-2-4-8-13(11)17)16-12-7-3-5-9-14(12)18/h2-10,17-18H,1H3. The highest BCUT2D eigenvalue weighted by Crippen LogP contribution is 2.26. The number of hydrogen-bond donors (Lipinski definition) is 2. The van der Waals surface area contributed by atoms with Crippen LogP contribution in [0.3, 0.4) is 0 Å². The Morgan fingerprint density at radius 2 is 1.17 bits per heavy atom. The molecule has 2 aromatic rings. The number of rotatable bonds is 4. The summed E-state index contributed by atoms with van der Waals surface area (Å²) < 4.78 is 11.3. The first-order valence-electron chi connectivity index (χ1n) is 5.56. The summed E-state index contributed by atoms with van der Waals surface area (Å²) >= 11 is 8.65. The molecule has 0 unspecified atom stereocenters. The lowest BCUT2D eigenvalue weighted by Gasteiger charge is -2.18. The summed E-state index contributed by atoms with van der Waals surface area (Å²) in [7, 11) is 0. The van der Waals surface area contributed by atoms with Crippen LogP contribution in [0.5, 0.6) is 11.5 Å². The zero-order chi connectivity index (χ0) is 13.0. The molecule has 18 heavy (non-hydrogen) atoms. The lowest BCUT2D eigenvalue weighted by atomic mass is 10.3. The maximum Gasteiger partial charge on any atom is 0.238 e. The van der Waals surface area contributed by atoms with Crippen LogP contribution in [0.2, 0.25) is 0 Å². The molecule has 0 aliphatic heterocycles. The second kappa shape index (κ2) is 6.07. The Balaban J connectivity index is 2.04. The minimum absolute atomic E-state index is 0.411. The van der Waals surface area contributed by atoms with E-state index in [0.717, 1.165) is 9.79 Å². The molecule has 0 saturated heterocycles.